The summed E-state index contributed by atoms with van der Waals surface area (Å²) in [6.45, 7) is 7.34. The Bertz CT molecular complexity index is 1830. The van der Waals surface area contributed by atoms with Crippen LogP contribution in [0.4, 0.5) is 11.4 Å². The van der Waals surface area contributed by atoms with Crippen LogP contribution in [0.1, 0.15) is 41.6 Å². The van der Waals surface area contributed by atoms with Crippen LogP contribution in [0.2, 0.25) is 0 Å². The van der Waals surface area contributed by atoms with E-state index in [1.54, 1.807) is 78.9 Å². The Morgan fingerprint density at radius 2 is 1.51 bits per heavy atom. The normalized spacial score (nSPS) is 13.8. The largest absolute Gasteiger partial charge is 0.492 e. The van der Waals surface area contributed by atoms with Crippen LogP contribution in [0.5, 0.6) is 17.2 Å². The van der Waals surface area contributed by atoms with Crippen molar-refractivity contribution >= 4 is 33.3 Å². The monoisotopic (exact) mass is 625 g/mol. The molecular formula is C34H31N3O7S. The third-order valence-electron chi connectivity index (χ3n) is 7.46. The van der Waals surface area contributed by atoms with Gasteiger partial charge in [-0.05, 0) is 79.1 Å². The summed E-state index contributed by atoms with van der Waals surface area (Å²) < 4.78 is 41.1. The first-order chi connectivity index (χ1) is 21.6. The highest BCUT2D eigenvalue weighted by atomic mass is 32.2. The fourth-order valence-corrected chi connectivity index (χ4v) is 6.67. The molecule has 3 N–H and O–H groups in total. The van der Waals surface area contributed by atoms with Crippen LogP contribution < -0.4 is 19.5 Å². The SMILES string of the molecule is [C-]#[N+]c1cccc(S(=O)(=O)NC2(COc3ccc(Oc4ccc(CC(=O)Nc5ccccc5C(=O)O)cc4)cc3)CCCC2)c1. The lowest BCUT2D eigenvalue weighted by atomic mass is 10.0. The van der Waals surface area contributed by atoms with Gasteiger partial charge in [0.15, 0.2) is 5.69 Å². The summed E-state index contributed by atoms with van der Waals surface area (Å²) in [5.74, 6) is 0.233. The Morgan fingerprint density at radius 3 is 2.18 bits per heavy atom. The minimum atomic E-state index is -3.85. The summed E-state index contributed by atoms with van der Waals surface area (Å²) in [5.41, 5.74) is 0.503. The molecule has 0 aliphatic heterocycles. The predicted octanol–water partition coefficient (Wildman–Crippen LogP) is 6.58. The van der Waals surface area contributed by atoms with Gasteiger partial charge >= 0.3 is 5.97 Å². The molecule has 0 spiro atoms. The second kappa shape index (κ2) is 13.6. The smallest absolute Gasteiger partial charge is 0.337 e. The van der Waals surface area contributed by atoms with Gasteiger partial charge in [0.05, 0.1) is 34.7 Å². The molecule has 0 radical (unpaired) electrons. The number of ether oxygens (including phenoxy) is 2. The lowest BCUT2D eigenvalue weighted by molar-refractivity contribution is -0.115. The number of rotatable bonds is 12. The number of nitrogens with zero attached hydrogens (tertiary/aromatic N) is 1. The first-order valence-electron chi connectivity index (χ1n) is 14.3. The molecule has 1 aliphatic carbocycles. The van der Waals surface area contributed by atoms with Crippen molar-refractivity contribution in [2.75, 3.05) is 11.9 Å². The summed E-state index contributed by atoms with van der Waals surface area (Å²) in [6.07, 6.45) is 3.10. The highest BCUT2D eigenvalue weighted by Crippen LogP contribution is 2.33. The van der Waals surface area contributed by atoms with E-state index in [-0.39, 0.29) is 40.8 Å². The number of amides is 1. The minimum absolute atomic E-state index is 0.0218. The molecule has 1 aliphatic rings. The van der Waals surface area contributed by atoms with Crippen LogP contribution >= 0.6 is 0 Å². The van der Waals surface area contributed by atoms with E-state index in [4.69, 9.17) is 16.0 Å². The molecule has 4 aromatic rings. The maximum atomic E-state index is 13.1. The fourth-order valence-electron chi connectivity index (χ4n) is 5.19. The molecular weight excluding hydrogens is 594 g/mol. The van der Waals surface area contributed by atoms with Crippen molar-refractivity contribution in [2.24, 2.45) is 0 Å². The molecule has 5 rings (SSSR count). The molecule has 10 nitrogen and oxygen atoms in total. The summed E-state index contributed by atoms with van der Waals surface area (Å²) in [4.78, 5) is 27.2. The zero-order chi connectivity index (χ0) is 31.9. The average Bonchev–Trinajstić information content (AvgIpc) is 3.49. The number of para-hydroxylation sites is 1. The van der Waals surface area contributed by atoms with Gasteiger partial charge in [0.2, 0.25) is 15.9 Å². The number of hydrogen-bond donors (Lipinski definition) is 3. The van der Waals surface area contributed by atoms with Gasteiger partial charge in [-0.1, -0.05) is 49.2 Å². The van der Waals surface area contributed by atoms with Gasteiger partial charge in [0.25, 0.3) is 0 Å². The van der Waals surface area contributed by atoms with Crippen molar-refractivity contribution in [1.29, 1.82) is 0 Å². The van der Waals surface area contributed by atoms with E-state index in [2.05, 4.69) is 14.9 Å². The van der Waals surface area contributed by atoms with E-state index in [9.17, 15) is 23.1 Å². The van der Waals surface area contributed by atoms with Gasteiger partial charge in [-0.3, -0.25) is 4.79 Å². The van der Waals surface area contributed by atoms with E-state index >= 15 is 0 Å². The number of hydrogen-bond acceptors (Lipinski definition) is 6. The Morgan fingerprint density at radius 1 is 0.867 bits per heavy atom. The first kappa shape index (κ1) is 31.3. The maximum absolute atomic E-state index is 13.1. The number of carboxylic acids is 1. The third kappa shape index (κ3) is 8.06. The molecule has 0 atom stereocenters. The molecule has 1 saturated carbocycles. The van der Waals surface area contributed by atoms with Crippen LogP contribution in [0, 0.1) is 6.57 Å². The van der Waals surface area contributed by atoms with Crippen molar-refractivity contribution in [3.8, 4) is 17.2 Å². The maximum Gasteiger partial charge on any atom is 0.337 e. The summed E-state index contributed by atoms with van der Waals surface area (Å²) >= 11 is 0. The molecule has 0 saturated heterocycles. The van der Waals surface area contributed by atoms with Crippen molar-refractivity contribution in [3.05, 3.63) is 120 Å². The third-order valence-corrected chi connectivity index (χ3v) is 9.04. The van der Waals surface area contributed by atoms with Crippen LogP contribution in [-0.4, -0.2) is 37.5 Å². The minimum Gasteiger partial charge on any atom is -0.492 e. The van der Waals surface area contributed by atoms with E-state index in [0.717, 1.165) is 18.4 Å². The zero-order valence-electron chi connectivity index (χ0n) is 24.2. The number of aromatic carboxylic acids is 1. The predicted molar refractivity (Wildman–Crippen MR) is 168 cm³/mol. The molecule has 0 bridgehead atoms. The van der Waals surface area contributed by atoms with E-state index in [1.807, 2.05) is 0 Å². The molecule has 1 fully saturated rings. The van der Waals surface area contributed by atoms with Gasteiger partial charge in [-0.15, -0.1) is 0 Å². The van der Waals surface area contributed by atoms with Gasteiger partial charge in [-0.2, -0.15) is 0 Å². The van der Waals surface area contributed by atoms with Crippen molar-refractivity contribution in [1.82, 2.24) is 4.72 Å². The number of benzene rings is 4. The van der Waals surface area contributed by atoms with Gasteiger partial charge in [0, 0.05) is 0 Å². The van der Waals surface area contributed by atoms with Crippen molar-refractivity contribution in [2.45, 2.75) is 42.5 Å². The second-order valence-electron chi connectivity index (χ2n) is 10.8. The van der Waals surface area contributed by atoms with E-state index < -0.39 is 21.5 Å². The second-order valence-corrected chi connectivity index (χ2v) is 12.5. The Balaban J connectivity index is 1.15. The summed E-state index contributed by atoms with van der Waals surface area (Å²) in [7, 11) is -3.85. The van der Waals surface area contributed by atoms with Crippen LogP contribution in [0.3, 0.4) is 0 Å². The lowest BCUT2D eigenvalue weighted by Crippen LogP contribution is -2.50. The molecule has 0 unspecified atom stereocenters. The number of sulfonamides is 1. The standard InChI is InChI=1S/C34H31N3O7S/c1-35-25-7-6-8-29(22-25)45(41,42)37-34(19-4-5-20-34)23-43-26-15-17-28(18-16-26)44-27-13-11-24(12-14-27)21-32(38)36-31-10-3-2-9-30(31)33(39)40/h2-3,6-18,22,37H,4-5,19-21,23H2,(H,36,38)(H,39,40). The van der Waals surface area contributed by atoms with Crippen LogP contribution in [-0.2, 0) is 21.2 Å². The quantitative estimate of drug-likeness (QED) is 0.151. The lowest BCUT2D eigenvalue weighted by Gasteiger charge is -2.30. The fraction of sp³-hybridized carbons (Fsp3) is 0.206. The summed E-state index contributed by atoms with van der Waals surface area (Å²) in [6, 6.07) is 26.2. The topological polar surface area (TPSA) is 135 Å². The molecule has 230 valence electrons. The van der Waals surface area contributed by atoms with E-state index in [0.29, 0.717) is 30.1 Å². The first-order valence-corrected chi connectivity index (χ1v) is 15.8. The van der Waals surface area contributed by atoms with Crippen molar-refractivity contribution < 1.29 is 32.6 Å². The zero-order valence-corrected chi connectivity index (χ0v) is 25.0. The highest BCUT2D eigenvalue weighted by molar-refractivity contribution is 7.89. The number of nitrogens with one attached hydrogen (secondary N) is 2. The molecule has 11 heteroatoms. The number of carbonyl (C=O) groups is 2. The van der Waals surface area contributed by atoms with Gasteiger partial charge < -0.3 is 19.9 Å². The molecule has 0 aromatic heterocycles. The molecule has 1 amide bonds. The molecule has 0 heterocycles. The average molecular weight is 626 g/mol. The van der Waals surface area contributed by atoms with Gasteiger partial charge in [0.1, 0.15) is 23.9 Å². The van der Waals surface area contributed by atoms with Gasteiger partial charge in [-0.25, -0.2) is 22.8 Å². The van der Waals surface area contributed by atoms with Crippen molar-refractivity contribution in [3.63, 3.8) is 0 Å². The Kier molecular flexibility index (Phi) is 9.47. The summed E-state index contributed by atoms with van der Waals surface area (Å²) in [5, 5.41) is 11.9. The number of carbonyl (C=O) groups excluding carboxylic acids is 1. The van der Waals surface area contributed by atoms with Crippen LogP contribution in [0.15, 0.2) is 102 Å². The van der Waals surface area contributed by atoms with Crippen LogP contribution in [0.25, 0.3) is 4.85 Å². The number of anilines is 1. The molecule has 45 heavy (non-hydrogen) atoms. The molecule has 4 aromatic carbocycles. The van der Waals surface area contributed by atoms with E-state index in [1.165, 1.54) is 18.2 Å². The number of carboxylic acid groups (broad SMARTS) is 1. The Labute approximate surface area is 261 Å². The Hall–Kier alpha value is -5.18. The highest BCUT2D eigenvalue weighted by Gasteiger charge is 2.39.